The molecule has 114 valence electrons. The molecule has 1 rings (SSSR count). The van der Waals surface area contributed by atoms with Gasteiger partial charge in [-0.2, -0.15) is 5.26 Å². The molecule has 0 aliphatic carbocycles. The third-order valence-corrected chi connectivity index (χ3v) is 6.05. The molecule has 1 aliphatic rings. The molecule has 0 bridgehead atoms. The van der Waals surface area contributed by atoms with Gasteiger partial charge >= 0.3 is 0 Å². The molecule has 1 fully saturated rings. The van der Waals surface area contributed by atoms with Crippen molar-refractivity contribution in [1.29, 1.82) is 5.26 Å². The Bertz CT molecular complexity index is 499. The van der Waals surface area contributed by atoms with Crippen LogP contribution in [-0.2, 0) is 14.6 Å². The lowest BCUT2D eigenvalue weighted by Gasteiger charge is -2.39. The summed E-state index contributed by atoms with van der Waals surface area (Å²) in [6.07, 6.45) is 1.84. The molecule has 1 saturated heterocycles. The molecule has 0 radical (unpaired) electrons. The average Bonchev–Trinajstić information content (AvgIpc) is 2.39. The molecule has 1 aliphatic heterocycles. The van der Waals surface area contributed by atoms with E-state index in [2.05, 4.69) is 6.07 Å². The summed E-state index contributed by atoms with van der Waals surface area (Å²) in [5.74, 6) is -0.357. The van der Waals surface area contributed by atoms with Crippen LogP contribution in [0.3, 0.4) is 0 Å². The summed E-state index contributed by atoms with van der Waals surface area (Å²) in [6.45, 7) is 7.00. The van der Waals surface area contributed by atoms with Crippen molar-refractivity contribution >= 4 is 15.7 Å². The van der Waals surface area contributed by atoms with Crippen LogP contribution in [0.2, 0.25) is 0 Å². The van der Waals surface area contributed by atoms with Crippen molar-refractivity contribution in [1.82, 2.24) is 9.80 Å². The topological polar surface area (TPSA) is 81.5 Å². The molecule has 0 N–H and O–H groups in total. The Labute approximate surface area is 121 Å². The molecule has 7 heteroatoms. The highest BCUT2D eigenvalue weighted by atomic mass is 32.2. The predicted octanol–water partition coefficient (Wildman–Crippen LogP) is 0.256. The normalized spacial score (nSPS) is 19.4. The Morgan fingerprint density at radius 1 is 1.30 bits per heavy atom. The van der Waals surface area contributed by atoms with Crippen molar-refractivity contribution in [2.75, 3.05) is 32.4 Å². The van der Waals surface area contributed by atoms with Crippen molar-refractivity contribution in [2.24, 2.45) is 0 Å². The van der Waals surface area contributed by atoms with Crippen LogP contribution in [0.4, 0.5) is 0 Å². The highest BCUT2D eigenvalue weighted by molar-refractivity contribution is 7.92. The summed E-state index contributed by atoms with van der Waals surface area (Å²) in [5, 5.41) is 9.04. The van der Waals surface area contributed by atoms with Crippen LogP contribution >= 0.6 is 0 Å². The number of amides is 1. The minimum Gasteiger partial charge on any atom is -0.339 e. The molecule has 1 atom stereocenters. The first-order valence-electron chi connectivity index (χ1n) is 6.77. The van der Waals surface area contributed by atoms with E-state index in [9.17, 15) is 13.2 Å². The van der Waals surface area contributed by atoms with Crippen molar-refractivity contribution in [3.05, 3.63) is 0 Å². The first-order valence-corrected chi connectivity index (χ1v) is 8.67. The summed E-state index contributed by atoms with van der Waals surface area (Å²) in [6, 6.07) is 2.12. The predicted molar refractivity (Wildman–Crippen MR) is 76.8 cm³/mol. The van der Waals surface area contributed by atoms with Gasteiger partial charge in [0, 0.05) is 32.4 Å². The highest BCUT2D eigenvalue weighted by Crippen LogP contribution is 2.20. The van der Waals surface area contributed by atoms with Gasteiger partial charge in [0.15, 0.2) is 9.84 Å². The lowest BCUT2D eigenvalue weighted by atomic mass is 10.1. The number of carbonyl (C=O) groups is 1. The Morgan fingerprint density at radius 3 is 2.15 bits per heavy atom. The van der Waals surface area contributed by atoms with E-state index in [1.807, 2.05) is 11.8 Å². The van der Waals surface area contributed by atoms with E-state index in [4.69, 9.17) is 5.26 Å². The van der Waals surface area contributed by atoms with Crippen LogP contribution in [0.1, 0.15) is 27.2 Å². The quantitative estimate of drug-likeness (QED) is 0.744. The van der Waals surface area contributed by atoms with E-state index in [1.54, 1.807) is 4.90 Å². The third-order valence-electron chi connectivity index (χ3n) is 4.02. The molecule has 1 unspecified atom stereocenters. The van der Waals surface area contributed by atoms with Gasteiger partial charge < -0.3 is 4.90 Å². The first-order chi connectivity index (χ1) is 9.15. The second kappa shape index (κ2) is 6.10. The van der Waals surface area contributed by atoms with Crippen molar-refractivity contribution in [2.45, 2.75) is 38.0 Å². The number of nitrogens with zero attached hydrogens (tertiary/aromatic N) is 3. The SMILES string of the molecule is CCC(C#N)N1CCN(C(=O)C(C)(C)S(C)(=O)=O)CC1. The standard InChI is InChI=1S/C13H23N3O3S/c1-5-11(10-14)15-6-8-16(9-7-15)12(17)13(2,3)20(4,18)19/h11H,5-9H2,1-4H3. The second-order valence-corrected chi connectivity index (χ2v) is 8.23. The van der Waals surface area contributed by atoms with Crippen molar-refractivity contribution in [3.63, 3.8) is 0 Å². The number of carbonyl (C=O) groups excluding carboxylic acids is 1. The fourth-order valence-corrected chi connectivity index (χ4v) is 2.65. The fraction of sp³-hybridized carbons (Fsp3) is 0.846. The zero-order chi connectivity index (χ0) is 15.6. The minimum atomic E-state index is -3.45. The number of nitriles is 1. The molecule has 0 aromatic rings. The van der Waals surface area contributed by atoms with Gasteiger partial charge in [0.1, 0.15) is 4.75 Å². The lowest BCUT2D eigenvalue weighted by molar-refractivity contribution is -0.135. The molecule has 20 heavy (non-hydrogen) atoms. The summed E-state index contributed by atoms with van der Waals surface area (Å²) in [5.41, 5.74) is 0. The van der Waals surface area contributed by atoms with Gasteiger partial charge in [0.25, 0.3) is 0 Å². The maximum absolute atomic E-state index is 12.3. The van der Waals surface area contributed by atoms with E-state index in [0.29, 0.717) is 26.2 Å². The summed E-state index contributed by atoms with van der Waals surface area (Å²) in [4.78, 5) is 16.0. The van der Waals surface area contributed by atoms with Crippen LogP contribution < -0.4 is 0 Å². The van der Waals surface area contributed by atoms with E-state index in [1.165, 1.54) is 13.8 Å². The van der Waals surface area contributed by atoms with Gasteiger partial charge in [-0.25, -0.2) is 8.42 Å². The first kappa shape index (κ1) is 16.9. The van der Waals surface area contributed by atoms with Gasteiger partial charge in [0.2, 0.25) is 5.91 Å². The van der Waals surface area contributed by atoms with Crippen LogP contribution in [0.15, 0.2) is 0 Å². The van der Waals surface area contributed by atoms with E-state index < -0.39 is 14.6 Å². The molecular formula is C13H23N3O3S. The number of hydrogen-bond acceptors (Lipinski definition) is 5. The second-order valence-electron chi connectivity index (χ2n) is 5.66. The van der Waals surface area contributed by atoms with Crippen LogP contribution in [0, 0.1) is 11.3 Å². The van der Waals surface area contributed by atoms with E-state index >= 15 is 0 Å². The zero-order valence-electron chi connectivity index (χ0n) is 12.6. The van der Waals surface area contributed by atoms with E-state index in [0.717, 1.165) is 12.7 Å². The number of rotatable bonds is 4. The van der Waals surface area contributed by atoms with Crippen LogP contribution in [-0.4, -0.2) is 67.3 Å². The Balaban J connectivity index is 2.72. The molecule has 0 saturated carbocycles. The fourth-order valence-electron chi connectivity index (χ4n) is 2.21. The maximum Gasteiger partial charge on any atom is 0.243 e. The smallest absolute Gasteiger partial charge is 0.243 e. The molecule has 0 spiro atoms. The van der Waals surface area contributed by atoms with Gasteiger partial charge in [0.05, 0.1) is 12.1 Å². The third kappa shape index (κ3) is 3.30. The lowest BCUT2D eigenvalue weighted by Crippen LogP contribution is -2.57. The largest absolute Gasteiger partial charge is 0.339 e. The van der Waals surface area contributed by atoms with Crippen LogP contribution in [0.5, 0.6) is 0 Å². The van der Waals surface area contributed by atoms with Crippen LogP contribution in [0.25, 0.3) is 0 Å². The molecule has 0 aromatic heterocycles. The summed E-state index contributed by atoms with van der Waals surface area (Å²) in [7, 11) is -3.45. The molecule has 1 heterocycles. The number of hydrogen-bond donors (Lipinski definition) is 0. The number of piperazine rings is 1. The highest BCUT2D eigenvalue weighted by Gasteiger charge is 2.42. The van der Waals surface area contributed by atoms with Gasteiger partial charge in [-0.05, 0) is 20.3 Å². The Morgan fingerprint density at radius 2 is 1.80 bits per heavy atom. The molecule has 0 aromatic carbocycles. The van der Waals surface area contributed by atoms with Crippen molar-refractivity contribution < 1.29 is 13.2 Å². The molecule has 6 nitrogen and oxygen atoms in total. The van der Waals surface area contributed by atoms with E-state index in [-0.39, 0.29) is 11.9 Å². The molecule has 1 amide bonds. The van der Waals surface area contributed by atoms with Gasteiger partial charge in [-0.15, -0.1) is 0 Å². The monoisotopic (exact) mass is 301 g/mol. The number of sulfone groups is 1. The Hall–Kier alpha value is -1.13. The zero-order valence-corrected chi connectivity index (χ0v) is 13.4. The van der Waals surface area contributed by atoms with Gasteiger partial charge in [-0.3, -0.25) is 9.69 Å². The molecular weight excluding hydrogens is 278 g/mol. The minimum absolute atomic E-state index is 0.129. The average molecular weight is 301 g/mol. The summed E-state index contributed by atoms with van der Waals surface area (Å²) < 4.78 is 22.0. The Kier molecular flexibility index (Phi) is 5.16. The summed E-state index contributed by atoms with van der Waals surface area (Å²) >= 11 is 0. The maximum atomic E-state index is 12.3. The van der Waals surface area contributed by atoms with Gasteiger partial charge in [-0.1, -0.05) is 6.92 Å². The van der Waals surface area contributed by atoms with Crippen molar-refractivity contribution in [3.8, 4) is 6.07 Å².